The lowest BCUT2D eigenvalue weighted by molar-refractivity contribution is -0.140. The van der Waals surface area contributed by atoms with Crippen LogP contribution in [0.4, 0.5) is 8.78 Å². The number of nitrogens with one attached hydrogen (secondary N) is 1. The molecule has 0 saturated carbocycles. The second-order valence-electron chi connectivity index (χ2n) is 4.37. The molecule has 2 N–H and O–H groups in total. The van der Waals surface area contributed by atoms with Crippen molar-refractivity contribution in [3.05, 3.63) is 23.7 Å². The molecule has 8 heteroatoms. The minimum absolute atomic E-state index is 0.0580. The molecule has 1 rings (SSSR count). The maximum absolute atomic E-state index is 12.0. The van der Waals surface area contributed by atoms with Gasteiger partial charge < -0.3 is 14.8 Å². The smallest absolute Gasteiger partial charge is 0.326 e. The van der Waals surface area contributed by atoms with Crippen molar-refractivity contribution in [1.29, 1.82) is 0 Å². The van der Waals surface area contributed by atoms with Crippen LogP contribution in [-0.2, 0) is 10.5 Å². The maximum atomic E-state index is 12.0. The van der Waals surface area contributed by atoms with Gasteiger partial charge in [-0.15, -0.1) is 0 Å². The van der Waals surface area contributed by atoms with E-state index in [1.807, 2.05) is 0 Å². The Kier molecular flexibility index (Phi) is 6.00. The van der Waals surface area contributed by atoms with Crippen LogP contribution >= 0.6 is 11.8 Å². The third-order valence-corrected chi connectivity index (χ3v) is 3.16. The minimum atomic E-state index is -2.52. The van der Waals surface area contributed by atoms with Crippen molar-refractivity contribution in [1.82, 2.24) is 5.32 Å². The van der Waals surface area contributed by atoms with Gasteiger partial charge in [0.15, 0.2) is 5.76 Å². The van der Waals surface area contributed by atoms with Gasteiger partial charge in [-0.25, -0.2) is 4.79 Å². The molecule has 1 unspecified atom stereocenters. The highest BCUT2D eigenvalue weighted by molar-refractivity contribution is 7.98. The first-order valence-corrected chi connectivity index (χ1v) is 6.88. The molecule has 1 heterocycles. The van der Waals surface area contributed by atoms with Crippen molar-refractivity contribution in [2.45, 2.75) is 31.4 Å². The number of thioether (sulfide) groups is 1. The van der Waals surface area contributed by atoms with E-state index in [-0.39, 0.29) is 23.2 Å². The van der Waals surface area contributed by atoms with E-state index in [1.165, 1.54) is 12.1 Å². The molecule has 1 amide bonds. The average molecular weight is 307 g/mol. The summed E-state index contributed by atoms with van der Waals surface area (Å²) < 4.78 is 29.1. The number of halogens is 2. The molecule has 1 aromatic rings. The summed E-state index contributed by atoms with van der Waals surface area (Å²) in [7, 11) is 0. The van der Waals surface area contributed by atoms with Gasteiger partial charge in [0.25, 0.3) is 11.7 Å². The number of aliphatic carboxylic acids is 1. The first-order chi connectivity index (χ1) is 9.31. The number of amides is 1. The normalized spacial score (nSPS) is 12.7. The van der Waals surface area contributed by atoms with Gasteiger partial charge >= 0.3 is 5.97 Å². The fourth-order valence-corrected chi connectivity index (χ4v) is 1.89. The van der Waals surface area contributed by atoms with Gasteiger partial charge in [0.2, 0.25) is 0 Å². The molecule has 0 fully saturated rings. The minimum Gasteiger partial charge on any atom is -0.480 e. The quantitative estimate of drug-likeness (QED) is 0.809. The van der Waals surface area contributed by atoms with Crippen molar-refractivity contribution in [3.8, 4) is 0 Å². The summed E-state index contributed by atoms with van der Waals surface area (Å²) in [6, 6.07) is 1.71. The molecule has 0 saturated heterocycles. The molecule has 0 bridgehead atoms. The van der Waals surface area contributed by atoms with Gasteiger partial charge in [0.1, 0.15) is 11.8 Å². The van der Waals surface area contributed by atoms with Crippen molar-refractivity contribution in [3.63, 3.8) is 0 Å². The van der Waals surface area contributed by atoms with Crippen LogP contribution in [-0.4, -0.2) is 28.8 Å². The van der Waals surface area contributed by atoms with E-state index >= 15 is 0 Å². The SMILES string of the molecule is CC(C)C(NC(=O)c1ccc(CSC(F)F)o1)C(=O)O. The molecular formula is C12H15F2NO4S. The highest BCUT2D eigenvalue weighted by Gasteiger charge is 2.25. The van der Waals surface area contributed by atoms with Crippen LogP contribution in [0.3, 0.4) is 0 Å². The molecule has 0 aromatic carbocycles. The van der Waals surface area contributed by atoms with E-state index in [2.05, 4.69) is 5.32 Å². The van der Waals surface area contributed by atoms with E-state index < -0.39 is 23.7 Å². The first-order valence-electron chi connectivity index (χ1n) is 5.83. The summed E-state index contributed by atoms with van der Waals surface area (Å²) >= 11 is 0.380. The highest BCUT2D eigenvalue weighted by atomic mass is 32.2. The molecular weight excluding hydrogens is 292 g/mol. The average Bonchev–Trinajstić information content (AvgIpc) is 2.81. The zero-order valence-electron chi connectivity index (χ0n) is 10.9. The number of alkyl halides is 2. The molecule has 1 aromatic heterocycles. The van der Waals surface area contributed by atoms with E-state index in [1.54, 1.807) is 13.8 Å². The van der Waals surface area contributed by atoms with E-state index in [0.29, 0.717) is 11.8 Å². The third-order valence-electron chi connectivity index (χ3n) is 2.46. The summed E-state index contributed by atoms with van der Waals surface area (Å²) in [4.78, 5) is 22.8. The molecule has 112 valence electrons. The van der Waals surface area contributed by atoms with Crippen LogP contribution in [0.1, 0.15) is 30.2 Å². The van der Waals surface area contributed by atoms with Crippen LogP contribution < -0.4 is 5.32 Å². The summed E-state index contributed by atoms with van der Waals surface area (Å²) in [5.74, 6) is -4.56. The monoisotopic (exact) mass is 307 g/mol. The van der Waals surface area contributed by atoms with Gasteiger partial charge in [-0.2, -0.15) is 8.78 Å². The van der Waals surface area contributed by atoms with Crippen molar-refractivity contribution in [2.75, 3.05) is 0 Å². The Labute approximate surface area is 118 Å². The van der Waals surface area contributed by atoms with Crippen LogP contribution in [0.15, 0.2) is 16.5 Å². The number of hydrogen-bond donors (Lipinski definition) is 2. The lowest BCUT2D eigenvalue weighted by Gasteiger charge is -2.16. The number of carbonyl (C=O) groups is 2. The Morgan fingerprint density at radius 1 is 1.40 bits per heavy atom. The number of furan rings is 1. The Bertz CT molecular complexity index is 476. The van der Waals surface area contributed by atoms with Crippen LogP contribution in [0.25, 0.3) is 0 Å². The van der Waals surface area contributed by atoms with Crippen molar-refractivity contribution in [2.24, 2.45) is 5.92 Å². The van der Waals surface area contributed by atoms with Crippen molar-refractivity contribution < 1.29 is 27.9 Å². The Morgan fingerprint density at radius 3 is 2.55 bits per heavy atom. The maximum Gasteiger partial charge on any atom is 0.326 e. The molecule has 1 atom stereocenters. The number of carboxylic acids is 1. The summed E-state index contributed by atoms with van der Waals surface area (Å²) in [5.41, 5.74) is 0. The fourth-order valence-electron chi connectivity index (χ4n) is 1.45. The Morgan fingerprint density at radius 2 is 2.05 bits per heavy atom. The third kappa shape index (κ3) is 4.84. The van der Waals surface area contributed by atoms with E-state index in [0.717, 1.165) is 0 Å². The fraction of sp³-hybridized carbons (Fsp3) is 0.500. The zero-order valence-corrected chi connectivity index (χ0v) is 11.7. The lowest BCUT2D eigenvalue weighted by atomic mass is 10.0. The largest absolute Gasteiger partial charge is 0.480 e. The Balaban J connectivity index is 2.66. The molecule has 0 radical (unpaired) electrons. The van der Waals surface area contributed by atoms with E-state index in [9.17, 15) is 18.4 Å². The van der Waals surface area contributed by atoms with Crippen molar-refractivity contribution >= 4 is 23.6 Å². The van der Waals surface area contributed by atoms with Gasteiger partial charge in [-0.1, -0.05) is 25.6 Å². The number of hydrogen-bond acceptors (Lipinski definition) is 4. The second-order valence-corrected chi connectivity index (χ2v) is 5.35. The summed E-state index contributed by atoms with van der Waals surface area (Å²) in [6.45, 7) is 3.32. The molecule has 0 spiro atoms. The molecule has 0 aliphatic rings. The first kappa shape index (κ1) is 16.5. The number of carboxylic acid groups (broad SMARTS) is 1. The van der Waals surface area contributed by atoms with Crippen LogP contribution in [0, 0.1) is 5.92 Å². The molecule has 5 nitrogen and oxygen atoms in total. The summed E-state index contributed by atoms with van der Waals surface area (Å²) in [6.07, 6.45) is 0. The van der Waals surface area contributed by atoms with Gasteiger partial charge in [-0.3, -0.25) is 4.79 Å². The van der Waals surface area contributed by atoms with Crippen LogP contribution in [0.5, 0.6) is 0 Å². The van der Waals surface area contributed by atoms with Gasteiger partial charge in [-0.05, 0) is 18.1 Å². The van der Waals surface area contributed by atoms with E-state index in [4.69, 9.17) is 9.52 Å². The van der Waals surface area contributed by atoms with Gasteiger partial charge in [0, 0.05) is 0 Å². The predicted molar refractivity (Wildman–Crippen MR) is 69.7 cm³/mol. The standard InChI is InChI=1S/C12H15F2NO4S/c1-6(2)9(11(17)18)15-10(16)8-4-3-7(19-8)5-20-12(13)14/h3-4,6,9,12H,5H2,1-2H3,(H,15,16)(H,17,18). The van der Waals surface area contributed by atoms with Gasteiger partial charge in [0.05, 0.1) is 5.75 Å². The highest BCUT2D eigenvalue weighted by Crippen LogP contribution is 2.21. The van der Waals surface area contributed by atoms with Crippen LogP contribution in [0.2, 0.25) is 0 Å². The molecule has 0 aliphatic heterocycles. The molecule has 0 aliphatic carbocycles. The molecule has 20 heavy (non-hydrogen) atoms. The predicted octanol–water partition coefficient (Wildman–Crippen LogP) is 2.57. The second kappa shape index (κ2) is 7.28. The topological polar surface area (TPSA) is 79.5 Å². The number of rotatable bonds is 7. The Hall–Kier alpha value is -1.57. The lowest BCUT2D eigenvalue weighted by Crippen LogP contribution is -2.44. The summed E-state index contributed by atoms with van der Waals surface area (Å²) in [5, 5.41) is 11.3. The number of carbonyl (C=O) groups excluding carboxylic acids is 1. The zero-order chi connectivity index (χ0) is 15.3.